The number of carboxylic acids is 1. The first-order valence-corrected chi connectivity index (χ1v) is 15.5. The van der Waals surface area contributed by atoms with Crippen molar-refractivity contribution in [2.45, 2.75) is 102 Å². The number of ether oxygens (including phenoxy) is 1. The zero-order valence-electron chi connectivity index (χ0n) is 24.4. The maximum Gasteiger partial charge on any atom is 0.329 e. The summed E-state index contributed by atoms with van der Waals surface area (Å²) < 4.78 is 7.00. The molecule has 4 N–H and O–H groups in total. The van der Waals surface area contributed by atoms with E-state index >= 15 is 0 Å². The average Bonchev–Trinajstić information content (AvgIpc) is 3.61. The maximum absolute atomic E-state index is 14.1. The number of carbonyl (C=O) groups excluding carboxylic acids is 4. The number of carbonyl (C=O) groups is 5. The third-order valence-corrected chi connectivity index (χ3v) is 9.01. The summed E-state index contributed by atoms with van der Waals surface area (Å²) in [5.41, 5.74) is -1.31. The SMILES string of the molecule is CC(=O)N[C@H](C(=O)N[C@H](C(=O)N1C[C@H](Oc2ccc(Br)cc2)CC1C(=O)NC1(C(=O)O)CC1)C(C)C)C1CCCCC1. The van der Waals surface area contributed by atoms with E-state index in [1.807, 2.05) is 12.1 Å². The van der Waals surface area contributed by atoms with Crippen LogP contribution < -0.4 is 20.7 Å². The summed E-state index contributed by atoms with van der Waals surface area (Å²) in [7, 11) is 0. The third-order valence-electron chi connectivity index (χ3n) is 8.48. The number of nitrogens with zero attached hydrogens (tertiary/aromatic N) is 1. The highest BCUT2D eigenvalue weighted by molar-refractivity contribution is 9.10. The zero-order valence-corrected chi connectivity index (χ0v) is 25.9. The van der Waals surface area contributed by atoms with Crippen molar-refractivity contribution < 1.29 is 33.8 Å². The molecule has 42 heavy (non-hydrogen) atoms. The molecule has 1 aliphatic heterocycles. The summed E-state index contributed by atoms with van der Waals surface area (Å²) in [6, 6.07) is 4.50. The van der Waals surface area contributed by atoms with Crippen LogP contribution in [-0.2, 0) is 24.0 Å². The van der Waals surface area contributed by atoms with Gasteiger partial charge in [-0.3, -0.25) is 19.2 Å². The van der Waals surface area contributed by atoms with Gasteiger partial charge in [0.2, 0.25) is 23.6 Å². The van der Waals surface area contributed by atoms with Gasteiger partial charge in [0.05, 0.1) is 6.54 Å². The zero-order chi connectivity index (χ0) is 30.6. The van der Waals surface area contributed by atoms with Crippen LogP contribution in [0.15, 0.2) is 28.7 Å². The number of aliphatic carboxylic acids is 1. The van der Waals surface area contributed by atoms with Gasteiger partial charge in [-0.1, -0.05) is 49.0 Å². The number of hydrogen-bond acceptors (Lipinski definition) is 6. The number of hydrogen-bond donors (Lipinski definition) is 4. The second kappa shape index (κ2) is 13.4. The highest BCUT2D eigenvalue weighted by atomic mass is 79.9. The Morgan fingerprint density at radius 2 is 1.67 bits per heavy atom. The summed E-state index contributed by atoms with van der Waals surface area (Å²) in [6.07, 6.45) is 4.95. The Morgan fingerprint density at radius 1 is 1.02 bits per heavy atom. The molecule has 1 unspecified atom stereocenters. The maximum atomic E-state index is 14.1. The fourth-order valence-corrected chi connectivity index (χ4v) is 6.20. The van der Waals surface area contributed by atoms with Crippen molar-refractivity contribution in [1.82, 2.24) is 20.9 Å². The summed E-state index contributed by atoms with van der Waals surface area (Å²) in [5.74, 6) is -2.63. The number of likely N-dealkylation sites (tertiary alicyclic amines) is 1. The van der Waals surface area contributed by atoms with Gasteiger partial charge in [0.1, 0.15) is 35.5 Å². The van der Waals surface area contributed by atoms with E-state index in [-0.39, 0.29) is 30.7 Å². The predicted octanol–water partition coefficient (Wildman–Crippen LogP) is 2.76. The van der Waals surface area contributed by atoms with Gasteiger partial charge >= 0.3 is 5.97 Å². The lowest BCUT2D eigenvalue weighted by Gasteiger charge is -2.34. The van der Waals surface area contributed by atoms with E-state index in [0.717, 1.165) is 36.6 Å². The molecule has 3 fully saturated rings. The molecule has 11 nitrogen and oxygen atoms in total. The molecule has 1 aromatic carbocycles. The van der Waals surface area contributed by atoms with Crippen molar-refractivity contribution >= 4 is 45.5 Å². The minimum atomic E-state index is -1.31. The molecule has 4 rings (SSSR count). The first-order chi connectivity index (χ1) is 19.9. The summed E-state index contributed by atoms with van der Waals surface area (Å²) in [6.45, 7) is 5.07. The lowest BCUT2D eigenvalue weighted by molar-refractivity contribution is -0.146. The lowest BCUT2D eigenvalue weighted by atomic mass is 9.83. The van der Waals surface area contributed by atoms with Crippen LogP contribution in [-0.4, -0.2) is 75.9 Å². The quantitative estimate of drug-likeness (QED) is 0.288. The molecule has 4 atom stereocenters. The van der Waals surface area contributed by atoms with Crippen LogP contribution in [0.4, 0.5) is 0 Å². The Labute approximate surface area is 254 Å². The number of carboxylic acid groups (broad SMARTS) is 1. The smallest absolute Gasteiger partial charge is 0.329 e. The van der Waals surface area contributed by atoms with Gasteiger partial charge in [-0.2, -0.15) is 0 Å². The third kappa shape index (κ3) is 7.62. The fraction of sp³-hybridized carbons (Fsp3) is 0.633. The van der Waals surface area contributed by atoms with Crippen LogP contribution in [0.5, 0.6) is 5.75 Å². The average molecular weight is 650 g/mol. The molecule has 1 saturated heterocycles. The molecule has 2 aliphatic carbocycles. The molecule has 0 spiro atoms. The van der Waals surface area contributed by atoms with E-state index in [0.29, 0.717) is 18.6 Å². The Bertz CT molecular complexity index is 1180. The van der Waals surface area contributed by atoms with Crippen LogP contribution in [0.1, 0.15) is 72.1 Å². The molecule has 230 valence electrons. The van der Waals surface area contributed by atoms with Crippen LogP contribution in [0.25, 0.3) is 0 Å². The first kappa shape index (κ1) is 31.8. The second-order valence-corrected chi connectivity index (χ2v) is 13.0. The Morgan fingerprint density at radius 3 is 2.21 bits per heavy atom. The molecule has 3 aliphatic rings. The van der Waals surface area contributed by atoms with Crippen molar-refractivity contribution in [2.24, 2.45) is 11.8 Å². The number of nitrogens with one attached hydrogen (secondary N) is 3. The summed E-state index contributed by atoms with van der Waals surface area (Å²) >= 11 is 3.39. The van der Waals surface area contributed by atoms with Gasteiger partial charge in [0.15, 0.2) is 0 Å². The van der Waals surface area contributed by atoms with E-state index in [1.54, 1.807) is 26.0 Å². The molecular formula is C30H41BrN4O7. The highest BCUT2D eigenvalue weighted by Gasteiger charge is 2.54. The number of amides is 4. The molecule has 12 heteroatoms. The van der Waals surface area contributed by atoms with Crippen LogP contribution in [0, 0.1) is 11.8 Å². The minimum absolute atomic E-state index is 0.0229. The lowest BCUT2D eigenvalue weighted by Crippen LogP contribution is -2.60. The molecule has 0 aromatic heterocycles. The van der Waals surface area contributed by atoms with Gasteiger partial charge in [-0.05, 0) is 61.8 Å². The van der Waals surface area contributed by atoms with Crippen molar-refractivity contribution in [1.29, 1.82) is 0 Å². The first-order valence-electron chi connectivity index (χ1n) is 14.8. The predicted molar refractivity (Wildman–Crippen MR) is 157 cm³/mol. The van der Waals surface area contributed by atoms with E-state index in [4.69, 9.17) is 4.74 Å². The highest BCUT2D eigenvalue weighted by Crippen LogP contribution is 2.36. The van der Waals surface area contributed by atoms with E-state index < -0.39 is 53.5 Å². The Kier molecular flexibility index (Phi) is 10.2. The van der Waals surface area contributed by atoms with Crippen LogP contribution in [0.3, 0.4) is 0 Å². The molecule has 2 saturated carbocycles. The largest absolute Gasteiger partial charge is 0.488 e. The van der Waals surface area contributed by atoms with Crippen LogP contribution >= 0.6 is 15.9 Å². The van der Waals surface area contributed by atoms with E-state index in [2.05, 4.69) is 31.9 Å². The van der Waals surface area contributed by atoms with E-state index in [1.165, 1.54) is 11.8 Å². The van der Waals surface area contributed by atoms with Gasteiger partial charge in [0, 0.05) is 17.8 Å². The molecule has 1 heterocycles. The number of halogens is 1. The minimum Gasteiger partial charge on any atom is -0.488 e. The van der Waals surface area contributed by atoms with E-state index in [9.17, 15) is 29.1 Å². The van der Waals surface area contributed by atoms with Crippen molar-refractivity contribution in [3.8, 4) is 5.75 Å². The van der Waals surface area contributed by atoms with Gasteiger partial charge in [0.25, 0.3) is 0 Å². The van der Waals surface area contributed by atoms with Gasteiger partial charge < -0.3 is 30.7 Å². The summed E-state index contributed by atoms with van der Waals surface area (Å²) in [5, 5.41) is 17.9. The van der Waals surface area contributed by atoms with Crippen molar-refractivity contribution in [2.75, 3.05) is 6.54 Å². The number of rotatable bonds is 11. The second-order valence-electron chi connectivity index (χ2n) is 12.1. The molecule has 4 amide bonds. The fourth-order valence-electron chi connectivity index (χ4n) is 5.94. The molecule has 0 radical (unpaired) electrons. The Hall–Kier alpha value is -3.15. The molecular weight excluding hydrogens is 608 g/mol. The molecule has 0 bridgehead atoms. The number of benzene rings is 1. The summed E-state index contributed by atoms with van der Waals surface area (Å²) in [4.78, 5) is 66.2. The monoisotopic (exact) mass is 648 g/mol. The van der Waals surface area contributed by atoms with Gasteiger partial charge in [-0.15, -0.1) is 0 Å². The normalized spacial score (nSPS) is 23.0. The van der Waals surface area contributed by atoms with Crippen molar-refractivity contribution in [3.63, 3.8) is 0 Å². The van der Waals surface area contributed by atoms with Gasteiger partial charge in [-0.25, -0.2) is 4.79 Å². The standard InChI is InChI=1S/C30H41BrN4O7/c1-17(2)24(33-27(38)25(32-18(3)36)19-7-5-4-6-8-19)28(39)35-16-22(42-21-11-9-20(31)10-12-21)15-23(35)26(37)34-30(13-14-30)29(40)41/h9-12,17,19,22-25H,4-8,13-16H2,1-3H3,(H,32,36)(H,33,38)(H,34,37)(H,40,41)/t22-,23?,24+,25+/m1/s1. The van der Waals surface area contributed by atoms with Crippen molar-refractivity contribution in [3.05, 3.63) is 28.7 Å². The van der Waals surface area contributed by atoms with Crippen LogP contribution in [0.2, 0.25) is 0 Å². The molecule has 1 aromatic rings. The topological polar surface area (TPSA) is 154 Å². The Balaban J connectivity index is 1.54.